The first kappa shape index (κ1) is 56.6. The van der Waals surface area contributed by atoms with E-state index in [1.54, 1.807) is 36.4 Å². The number of hydrogen-bond donors (Lipinski definition) is 0. The number of rotatable bonds is 30. The molecule has 1 radical (unpaired) electrons. The quantitative estimate of drug-likeness (QED) is 0.0470. The van der Waals surface area contributed by atoms with Gasteiger partial charge in [0.15, 0.2) is 17.2 Å². The Morgan fingerprint density at radius 3 is 0.724 bits per heavy atom. The molecule has 3 aromatic carbocycles. The van der Waals surface area contributed by atoms with Crippen LogP contribution in [0.3, 0.4) is 0 Å². The van der Waals surface area contributed by atoms with Gasteiger partial charge in [-0.1, -0.05) is 173 Å². The first-order valence-electron chi connectivity index (χ1n) is 21.4. The maximum absolute atomic E-state index is 10.4. The summed E-state index contributed by atoms with van der Waals surface area (Å²) in [5.74, 6) is 1.17. The summed E-state index contributed by atoms with van der Waals surface area (Å²) in [4.78, 5) is 31.2. The zero-order chi connectivity index (χ0) is 41.8. The SMILES string of the molecule is CCCCCCCCCc1ccc(O[P+](=O)[O-])cc1.CCCCCCCCCc1ccc(O[P+](=O)[O-])cc1.CCCCCCCCCc1ccc(O[P+](=O)[O-])cc1.[Nd+3]. The molecule has 0 heterocycles. The zero-order valence-corrected chi connectivity index (χ0v) is 41.3. The van der Waals surface area contributed by atoms with Gasteiger partial charge in [-0.2, -0.15) is 0 Å². The van der Waals surface area contributed by atoms with Crippen molar-refractivity contribution in [2.24, 2.45) is 0 Å². The van der Waals surface area contributed by atoms with Gasteiger partial charge < -0.3 is 14.7 Å². The van der Waals surface area contributed by atoms with E-state index >= 15 is 0 Å². The van der Waals surface area contributed by atoms with Crippen LogP contribution in [-0.4, -0.2) is 0 Å². The standard InChI is InChI=1S/3C15H23O3P.Nd/c3*1-2-3-4-5-6-7-8-9-14-10-12-15(13-11-14)18-19(16)17;/h3*10-13H,2-9H2,1H3;/q;;;+3. The molecule has 0 aliphatic rings. The summed E-state index contributed by atoms with van der Waals surface area (Å²) >= 11 is 0. The third-order valence-corrected chi connectivity index (χ3v) is 10.6. The molecule has 13 heteroatoms. The third kappa shape index (κ3) is 34.3. The molecule has 0 bridgehead atoms. The molecule has 58 heavy (non-hydrogen) atoms. The van der Waals surface area contributed by atoms with E-state index in [2.05, 4.69) is 34.3 Å². The number of benzene rings is 3. The van der Waals surface area contributed by atoms with Crippen LogP contribution in [0.1, 0.15) is 172 Å². The Bertz CT molecular complexity index is 1270. The van der Waals surface area contributed by atoms with E-state index in [1.807, 2.05) is 36.4 Å². The van der Waals surface area contributed by atoms with Crippen molar-refractivity contribution in [1.29, 1.82) is 0 Å². The van der Waals surface area contributed by atoms with Gasteiger partial charge in [0.2, 0.25) is 0 Å². The van der Waals surface area contributed by atoms with E-state index in [9.17, 15) is 28.4 Å². The second kappa shape index (κ2) is 39.7. The molecule has 319 valence electrons. The minimum Gasteiger partial charge on any atom is -0.558 e. The molecule has 0 saturated carbocycles. The number of aryl methyl sites for hydroxylation is 3. The first-order chi connectivity index (χ1) is 27.7. The molecule has 3 atom stereocenters. The average Bonchev–Trinajstić information content (AvgIpc) is 3.19. The van der Waals surface area contributed by atoms with Gasteiger partial charge in [0.05, 0.1) is 0 Å². The van der Waals surface area contributed by atoms with Gasteiger partial charge in [-0.25, -0.2) is 0 Å². The second-order valence-corrected chi connectivity index (χ2v) is 16.4. The Kier molecular flexibility index (Phi) is 38.7. The Morgan fingerprint density at radius 2 is 0.534 bits per heavy atom. The molecule has 0 aromatic heterocycles. The predicted molar refractivity (Wildman–Crippen MR) is 229 cm³/mol. The van der Waals surface area contributed by atoms with E-state index in [4.69, 9.17) is 0 Å². The molecular formula is C45H69NdO9P3+3. The van der Waals surface area contributed by atoms with Crippen molar-refractivity contribution in [2.75, 3.05) is 0 Å². The maximum atomic E-state index is 10.4. The normalized spacial score (nSPS) is 11.2. The van der Waals surface area contributed by atoms with Crippen LogP contribution in [0, 0.1) is 40.8 Å². The maximum Gasteiger partial charge on any atom is 3.00 e. The van der Waals surface area contributed by atoms with Crippen LogP contribution in [-0.2, 0) is 33.0 Å². The summed E-state index contributed by atoms with van der Waals surface area (Å²) < 4.78 is 45.0. The third-order valence-electron chi connectivity index (χ3n) is 9.52. The Hall–Kier alpha value is -1.41. The van der Waals surface area contributed by atoms with Crippen molar-refractivity contribution in [2.45, 2.75) is 175 Å². The summed E-state index contributed by atoms with van der Waals surface area (Å²) in [5, 5.41) is 0. The molecule has 0 spiro atoms. The van der Waals surface area contributed by atoms with Crippen molar-refractivity contribution < 1.29 is 82.8 Å². The summed E-state index contributed by atoms with van der Waals surface area (Å²) in [6.45, 7) is 6.70. The van der Waals surface area contributed by atoms with Gasteiger partial charge in [-0.05, 0) is 105 Å². The monoisotopic (exact) mass is 988 g/mol. The largest absolute Gasteiger partial charge is 3.00 e. The second-order valence-electron chi connectivity index (χ2n) is 14.5. The molecule has 9 nitrogen and oxygen atoms in total. The fourth-order valence-corrected chi connectivity index (χ4v) is 7.15. The fourth-order valence-electron chi connectivity index (χ4n) is 6.27. The molecule has 3 aromatic rings. The van der Waals surface area contributed by atoms with E-state index < -0.39 is 24.8 Å². The van der Waals surface area contributed by atoms with Crippen LogP contribution in [0.2, 0.25) is 0 Å². The van der Waals surface area contributed by atoms with Crippen LogP contribution in [0.4, 0.5) is 0 Å². The first-order valence-corrected chi connectivity index (χ1v) is 24.7. The summed E-state index contributed by atoms with van der Waals surface area (Å²) in [7, 11) is -8.42. The van der Waals surface area contributed by atoms with Crippen molar-refractivity contribution >= 4 is 24.8 Å². The van der Waals surface area contributed by atoms with Gasteiger partial charge in [0.25, 0.3) is 0 Å². The molecule has 0 N–H and O–H groups in total. The van der Waals surface area contributed by atoms with E-state index in [1.165, 1.54) is 152 Å². The predicted octanol–water partition coefficient (Wildman–Crippen LogP) is 13.1. The zero-order valence-electron chi connectivity index (χ0n) is 35.4. The number of unbranched alkanes of at least 4 members (excludes halogenated alkanes) is 18. The summed E-state index contributed by atoms with van der Waals surface area (Å²) in [6, 6.07) is 21.9. The van der Waals surface area contributed by atoms with Gasteiger partial charge >= 0.3 is 65.6 Å². The van der Waals surface area contributed by atoms with Gasteiger partial charge in [-0.3, -0.25) is 13.6 Å². The molecule has 3 unspecified atom stereocenters. The van der Waals surface area contributed by atoms with E-state index in [-0.39, 0.29) is 40.8 Å². The van der Waals surface area contributed by atoms with Crippen LogP contribution in [0.25, 0.3) is 0 Å². The average molecular weight is 991 g/mol. The van der Waals surface area contributed by atoms with Gasteiger partial charge in [0, 0.05) is 0 Å². The fraction of sp³-hybridized carbons (Fsp3) is 0.600. The van der Waals surface area contributed by atoms with Crippen molar-refractivity contribution in [3.8, 4) is 17.2 Å². The van der Waals surface area contributed by atoms with Crippen LogP contribution < -0.4 is 28.3 Å². The molecule has 0 aliphatic carbocycles. The van der Waals surface area contributed by atoms with Crippen LogP contribution in [0.5, 0.6) is 17.2 Å². The minimum absolute atomic E-state index is 0. The minimum atomic E-state index is -2.81. The van der Waals surface area contributed by atoms with Gasteiger partial charge in [0.1, 0.15) is 0 Å². The topological polar surface area (TPSA) is 148 Å². The van der Waals surface area contributed by atoms with E-state index in [0.717, 1.165) is 19.3 Å². The molecule has 0 fully saturated rings. The van der Waals surface area contributed by atoms with E-state index in [0.29, 0.717) is 17.2 Å². The molecule has 0 aliphatic heterocycles. The van der Waals surface area contributed by atoms with Crippen molar-refractivity contribution in [3.63, 3.8) is 0 Å². The molecule has 3 rings (SSSR count). The van der Waals surface area contributed by atoms with Crippen molar-refractivity contribution in [3.05, 3.63) is 89.5 Å². The Morgan fingerprint density at radius 1 is 0.345 bits per heavy atom. The van der Waals surface area contributed by atoms with Crippen LogP contribution in [0.15, 0.2) is 72.8 Å². The molecule has 0 amide bonds. The van der Waals surface area contributed by atoms with Crippen LogP contribution >= 0.6 is 24.8 Å². The van der Waals surface area contributed by atoms with Gasteiger partial charge in [-0.15, -0.1) is 0 Å². The summed E-state index contributed by atoms with van der Waals surface area (Å²) in [5.41, 5.74) is 3.71. The summed E-state index contributed by atoms with van der Waals surface area (Å²) in [6.07, 6.45) is 30.6. The smallest absolute Gasteiger partial charge is 0.558 e. The Balaban J connectivity index is 0.000000833. The van der Waals surface area contributed by atoms with Crippen molar-refractivity contribution in [1.82, 2.24) is 0 Å². The molecule has 0 saturated heterocycles. The molecular weight excluding hydrogens is 922 g/mol. The Labute approximate surface area is 386 Å². The number of hydrogen-bond acceptors (Lipinski definition) is 9.